The summed E-state index contributed by atoms with van der Waals surface area (Å²) in [5.41, 5.74) is 0.953. The molecule has 102 valence electrons. The first-order valence-corrected chi connectivity index (χ1v) is 7.41. The van der Waals surface area contributed by atoms with Crippen LogP contribution in [-0.2, 0) is 15.4 Å². The van der Waals surface area contributed by atoms with Crippen LogP contribution in [0.5, 0.6) is 0 Å². The van der Waals surface area contributed by atoms with Crippen molar-refractivity contribution in [2.24, 2.45) is 0 Å². The Balaban J connectivity index is 2.03. The van der Waals surface area contributed by atoms with Crippen LogP contribution < -0.4 is 0 Å². The van der Waals surface area contributed by atoms with Crippen LogP contribution >= 0.6 is 22.9 Å². The van der Waals surface area contributed by atoms with Crippen molar-refractivity contribution in [1.82, 2.24) is 9.88 Å². The minimum Gasteiger partial charge on any atom is -0.377 e. The molecule has 0 bridgehead atoms. The fourth-order valence-corrected chi connectivity index (χ4v) is 3.41. The molecule has 3 atom stereocenters. The Bertz CT molecular complexity index is 376. The van der Waals surface area contributed by atoms with Crippen molar-refractivity contribution >= 4 is 22.9 Å². The summed E-state index contributed by atoms with van der Waals surface area (Å²) in [6, 6.07) is 0.282. The lowest BCUT2D eigenvalue weighted by atomic mass is 10.3. The topological polar surface area (TPSA) is 34.6 Å². The van der Waals surface area contributed by atoms with E-state index in [1.165, 1.54) is 0 Å². The highest BCUT2D eigenvalue weighted by Crippen LogP contribution is 2.29. The molecule has 1 aromatic heterocycles. The van der Waals surface area contributed by atoms with Gasteiger partial charge >= 0.3 is 0 Å². The molecule has 1 aromatic rings. The largest absolute Gasteiger partial charge is 0.377 e. The number of likely N-dealkylation sites (tertiary alicyclic amines) is 1. The molecule has 2 heterocycles. The number of hydrogen-bond donors (Lipinski definition) is 0. The molecule has 0 saturated carbocycles. The van der Waals surface area contributed by atoms with Crippen LogP contribution in [0.1, 0.15) is 23.7 Å². The Labute approximate surface area is 117 Å². The Morgan fingerprint density at radius 2 is 2.06 bits per heavy atom. The van der Waals surface area contributed by atoms with Crippen LogP contribution in [0.15, 0.2) is 5.38 Å². The van der Waals surface area contributed by atoms with Crippen LogP contribution in [0.4, 0.5) is 0 Å². The Morgan fingerprint density at radius 3 is 2.50 bits per heavy atom. The third kappa shape index (κ3) is 2.86. The maximum atomic E-state index is 5.79. The van der Waals surface area contributed by atoms with Crippen LogP contribution in [-0.4, -0.2) is 49.4 Å². The van der Waals surface area contributed by atoms with Crippen molar-refractivity contribution in [1.29, 1.82) is 0 Å². The van der Waals surface area contributed by atoms with Gasteiger partial charge in [-0.2, -0.15) is 0 Å². The van der Waals surface area contributed by atoms with E-state index in [9.17, 15) is 0 Å². The van der Waals surface area contributed by atoms with Crippen molar-refractivity contribution in [3.8, 4) is 0 Å². The number of rotatable bonds is 5. The average molecular weight is 291 g/mol. The Hall–Kier alpha value is -0.200. The third-order valence-corrected chi connectivity index (χ3v) is 4.80. The van der Waals surface area contributed by atoms with E-state index in [0.717, 1.165) is 23.8 Å². The maximum absolute atomic E-state index is 5.79. The molecular formula is C12H19ClN2O2S. The number of thiazole rings is 1. The molecule has 4 nitrogen and oxygen atoms in total. The van der Waals surface area contributed by atoms with E-state index in [1.807, 2.05) is 5.38 Å². The molecule has 0 N–H and O–H groups in total. The molecule has 1 fully saturated rings. The van der Waals surface area contributed by atoms with Crippen molar-refractivity contribution in [2.45, 2.75) is 31.1 Å². The van der Waals surface area contributed by atoms with Gasteiger partial charge in [0.25, 0.3) is 0 Å². The number of aromatic nitrogens is 1. The number of hydrogen-bond acceptors (Lipinski definition) is 5. The average Bonchev–Trinajstić information content (AvgIpc) is 3.03. The van der Waals surface area contributed by atoms with Gasteiger partial charge in [-0.3, -0.25) is 4.90 Å². The van der Waals surface area contributed by atoms with E-state index in [-0.39, 0.29) is 18.2 Å². The molecule has 0 radical (unpaired) electrons. The fourth-order valence-electron chi connectivity index (χ4n) is 2.27. The molecule has 3 unspecified atom stereocenters. The smallest absolute Gasteiger partial charge is 0.110 e. The molecular weight excluding hydrogens is 272 g/mol. The lowest BCUT2D eigenvalue weighted by Gasteiger charge is -2.21. The zero-order chi connectivity index (χ0) is 13.1. The monoisotopic (exact) mass is 290 g/mol. The quantitative estimate of drug-likeness (QED) is 0.780. The number of methoxy groups -OCH3 is 2. The summed E-state index contributed by atoms with van der Waals surface area (Å²) < 4.78 is 10.9. The van der Waals surface area contributed by atoms with Gasteiger partial charge in [-0.1, -0.05) is 0 Å². The first-order chi connectivity index (χ1) is 8.69. The lowest BCUT2D eigenvalue weighted by molar-refractivity contribution is -0.00461. The SMILES string of the molecule is COC1CN(C(C)c2nc(CCl)cs2)CC1OC. The summed E-state index contributed by atoms with van der Waals surface area (Å²) >= 11 is 7.45. The molecule has 0 aliphatic carbocycles. The first-order valence-electron chi connectivity index (χ1n) is 5.99. The third-order valence-electron chi connectivity index (χ3n) is 3.46. The lowest BCUT2D eigenvalue weighted by Crippen LogP contribution is -2.27. The molecule has 0 amide bonds. The van der Waals surface area contributed by atoms with Crippen molar-refractivity contribution in [2.75, 3.05) is 27.3 Å². The van der Waals surface area contributed by atoms with Gasteiger partial charge in [-0.15, -0.1) is 22.9 Å². The molecule has 2 rings (SSSR count). The molecule has 1 aliphatic heterocycles. The molecule has 18 heavy (non-hydrogen) atoms. The van der Waals surface area contributed by atoms with E-state index < -0.39 is 0 Å². The second-order valence-corrected chi connectivity index (χ2v) is 5.65. The van der Waals surface area contributed by atoms with Gasteiger partial charge in [0.2, 0.25) is 0 Å². The predicted molar refractivity (Wildman–Crippen MR) is 73.3 cm³/mol. The molecule has 0 spiro atoms. The summed E-state index contributed by atoms with van der Waals surface area (Å²) in [6.45, 7) is 3.93. The van der Waals surface area contributed by atoms with E-state index in [1.54, 1.807) is 25.6 Å². The van der Waals surface area contributed by atoms with Crippen LogP contribution in [0.25, 0.3) is 0 Å². The highest BCUT2D eigenvalue weighted by Gasteiger charge is 2.36. The number of nitrogens with zero attached hydrogens (tertiary/aromatic N) is 2. The predicted octanol–water partition coefficient (Wildman–Crippen LogP) is 2.29. The number of alkyl halides is 1. The van der Waals surface area contributed by atoms with Crippen LogP contribution in [0.2, 0.25) is 0 Å². The molecule has 1 saturated heterocycles. The Kier molecular flexibility index (Phi) is 4.98. The minimum atomic E-state index is 0.143. The van der Waals surface area contributed by atoms with Gasteiger partial charge in [-0.25, -0.2) is 4.98 Å². The van der Waals surface area contributed by atoms with Crippen molar-refractivity contribution < 1.29 is 9.47 Å². The van der Waals surface area contributed by atoms with Gasteiger partial charge in [-0.05, 0) is 6.92 Å². The van der Waals surface area contributed by atoms with Gasteiger partial charge < -0.3 is 9.47 Å². The van der Waals surface area contributed by atoms with Gasteiger partial charge in [0.15, 0.2) is 0 Å². The van der Waals surface area contributed by atoms with E-state index in [4.69, 9.17) is 21.1 Å². The van der Waals surface area contributed by atoms with Gasteiger partial charge in [0.05, 0.1) is 29.8 Å². The molecule has 1 aliphatic rings. The van der Waals surface area contributed by atoms with Crippen LogP contribution in [0, 0.1) is 0 Å². The first kappa shape index (κ1) is 14.2. The van der Waals surface area contributed by atoms with Crippen molar-refractivity contribution in [3.05, 3.63) is 16.1 Å². The second-order valence-electron chi connectivity index (χ2n) is 4.49. The number of ether oxygens (including phenoxy) is 2. The number of halogens is 1. The standard InChI is InChI=1S/C12H19ClN2O2S/c1-8(12-14-9(4-13)7-18-12)15-5-10(16-2)11(6-15)17-3/h7-8,10-11H,4-6H2,1-3H3. The van der Waals surface area contributed by atoms with Crippen LogP contribution in [0.3, 0.4) is 0 Å². The fraction of sp³-hybridized carbons (Fsp3) is 0.750. The van der Waals surface area contributed by atoms with Gasteiger partial charge in [0.1, 0.15) is 5.01 Å². The van der Waals surface area contributed by atoms with E-state index in [0.29, 0.717) is 5.88 Å². The zero-order valence-electron chi connectivity index (χ0n) is 10.9. The van der Waals surface area contributed by atoms with Gasteiger partial charge in [0, 0.05) is 32.7 Å². The highest BCUT2D eigenvalue weighted by molar-refractivity contribution is 7.09. The summed E-state index contributed by atoms with van der Waals surface area (Å²) in [5, 5.41) is 3.13. The summed E-state index contributed by atoms with van der Waals surface area (Å²) in [6.07, 6.45) is 0.287. The zero-order valence-corrected chi connectivity index (χ0v) is 12.5. The summed E-state index contributed by atoms with van der Waals surface area (Å²) in [5.74, 6) is 0.477. The maximum Gasteiger partial charge on any atom is 0.110 e. The van der Waals surface area contributed by atoms with E-state index in [2.05, 4.69) is 16.8 Å². The summed E-state index contributed by atoms with van der Waals surface area (Å²) in [4.78, 5) is 6.88. The molecule has 0 aromatic carbocycles. The summed E-state index contributed by atoms with van der Waals surface area (Å²) in [7, 11) is 3.47. The second kappa shape index (κ2) is 6.30. The highest BCUT2D eigenvalue weighted by atomic mass is 35.5. The normalized spacial score (nSPS) is 26.7. The van der Waals surface area contributed by atoms with Crippen molar-refractivity contribution in [3.63, 3.8) is 0 Å². The van der Waals surface area contributed by atoms with E-state index >= 15 is 0 Å². The molecule has 6 heteroatoms. The minimum absolute atomic E-state index is 0.143. The Morgan fingerprint density at radius 1 is 1.44 bits per heavy atom.